The number of nitrogens with zero attached hydrogens (tertiary/aromatic N) is 2. The summed E-state index contributed by atoms with van der Waals surface area (Å²) in [6.07, 6.45) is 0. The maximum Gasteiger partial charge on any atom is 0.117 e. The fraction of sp³-hybridized carbons (Fsp3) is 0.176. The minimum absolute atomic E-state index is 0.289. The van der Waals surface area contributed by atoms with Crippen LogP contribution in [-0.4, -0.2) is 23.7 Å². The van der Waals surface area contributed by atoms with E-state index in [1.54, 1.807) is 12.1 Å². The zero-order valence-electron chi connectivity index (χ0n) is 11.7. The van der Waals surface area contributed by atoms with Crippen LogP contribution in [0.15, 0.2) is 60.3 Å². The molecule has 0 aromatic heterocycles. The van der Waals surface area contributed by atoms with E-state index in [-0.39, 0.29) is 5.75 Å². The maximum absolute atomic E-state index is 9.67. The smallest absolute Gasteiger partial charge is 0.117 e. The van der Waals surface area contributed by atoms with E-state index in [1.807, 2.05) is 18.2 Å². The Hall–Kier alpha value is -2.26. The molecule has 0 aliphatic carbocycles. The first-order chi connectivity index (χ1) is 9.66. The van der Waals surface area contributed by atoms with Crippen molar-refractivity contribution in [3.8, 4) is 5.75 Å². The Bertz CT molecular complexity index is 649. The molecule has 2 aromatic rings. The highest BCUT2D eigenvalue weighted by atomic mass is 16.3. The number of rotatable bonds is 2. The summed E-state index contributed by atoms with van der Waals surface area (Å²) in [5, 5.41) is 14.0. The first kappa shape index (κ1) is 12.8. The average molecular weight is 266 g/mol. The third-order valence-corrected chi connectivity index (χ3v) is 3.68. The lowest BCUT2D eigenvalue weighted by molar-refractivity contribution is 0.391. The van der Waals surface area contributed by atoms with Crippen molar-refractivity contribution in [2.45, 2.75) is 6.92 Å². The number of hydrazine groups is 1. The van der Waals surface area contributed by atoms with Gasteiger partial charge in [-0.15, -0.1) is 0 Å². The molecule has 1 aliphatic heterocycles. The molecular weight excluding hydrogens is 248 g/mol. The zero-order chi connectivity index (χ0) is 14.1. The molecule has 0 bridgehead atoms. The lowest BCUT2D eigenvalue weighted by Gasteiger charge is -2.28. The van der Waals surface area contributed by atoms with Gasteiger partial charge in [0.15, 0.2) is 0 Å². The van der Waals surface area contributed by atoms with E-state index in [4.69, 9.17) is 0 Å². The third kappa shape index (κ3) is 2.17. The fourth-order valence-corrected chi connectivity index (χ4v) is 2.75. The standard InChI is InChI=1S/C17H18N2O/c1-13-17(14-7-4-3-5-8-14)12-18(2)19(13)15-9-6-10-16(20)11-15/h3-11,20H,12H2,1-2H3. The van der Waals surface area contributed by atoms with E-state index in [1.165, 1.54) is 16.8 Å². The second-order valence-corrected chi connectivity index (χ2v) is 5.08. The molecule has 0 saturated carbocycles. The van der Waals surface area contributed by atoms with Crippen molar-refractivity contribution in [2.75, 3.05) is 18.6 Å². The Morgan fingerprint density at radius 1 is 1.00 bits per heavy atom. The van der Waals surface area contributed by atoms with E-state index in [0.717, 1.165) is 12.2 Å². The van der Waals surface area contributed by atoms with E-state index in [9.17, 15) is 5.11 Å². The molecule has 0 spiro atoms. The highest BCUT2D eigenvalue weighted by Crippen LogP contribution is 2.34. The van der Waals surface area contributed by atoms with Crippen LogP contribution in [0.5, 0.6) is 5.75 Å². The molecule has 0 radical (unpaired) electrons. The van der Waals surface area contributed by atoms with Crippen molar-refractivity contribution in [3.05, 3.63) is 65.9 Å². The van der Waals surface area contributed by atoms with E-state index < -0.39 is 0 Å². The molecule has 0 atom stereocenters. The lowest BCUT2D eigenvalue weighted by Crippen LogP contribution is -2.33. The Kier molecular flexibility index (Phi) is 3.20. The Labute approximate surface area is 119 Å². The molecule has 0 unspecified atom stereocenters. The minimum Gasteiger partial charge on any atom is -0.508 e. The van der Waals surface area contributed by atoms with Crippen molar-refractivity contribution < 1.29 is 5.11 Å². The van der Waals surface area contributed by atoms with Crippen LogP contribution >= 0.6 is 0 Å². The summed E-state index contributed by atoms with van der Waals surface area (Å²) >= 11 is 0. The van der Waals surface area contributed by atoms with Crippen molar-refractivity contribution >= 4 is 11.3 Å². The maximum atomic E-state index is 9.67. The van der Waals surface area contributed by atoms with Gasteiger partial charge in [0.25, 0.3) is 0 Å². The molecule has 1 aliphatic rings. The van der Waals surface area contributed by atoms with Crippen LogP contribution in [0, 0.1) is 0 Å². The molecule has 102 valence electrons. The van der Waals surface area contributed by atoms with Gasteiger partial charge in [-0.3, -0.25) is 5.01 Å². The monoisotopic (exact) mass is 266 g/mol. The lowest BCUT2D eigenvalue weighted by atomic mass is 10.1. The van der Waals surface area contributed by atoms with Crippen LogP contribution in [0.2, 0.25) is 0 Å². The summed E-state index contributed by atoms with van der Waals surface area (Å²) in [5.74, 6) is 0.289. The molecule has 3 heteroatoms. The predicted molar refractivity (Wildman–Crippen MR) is 82.3 cm³/mol. The molecule has 3 rings (SSSR count). The molecule has 3 nitrogen and oxygen atoms in total. The van der Waals surface area contributed by atoms with Gasteiger partial charge in [0, 0.05) is 25.4 Å². The quantitative estimate of drug-likeness (QED) is 0.901. The summed E-state index contributed by atoms with van der Waals surface area (Å²) in [4.78, 5) is 0. The first-order valence-corrected chi connectivity index (χ1v) is 6.72. The van der Waals surface area contributed by atoms with Crippen molar-refractivity contribution in [3.63, 3.8) is 0 Å². The average Bonchev–Trinajstić information content (AvgIpc) is 2.75. The predicted octanol–water partition coefficient (Wildman–Crippen LogP) is 3.49. The molecule has 0 saturated heterocycles. The molecule has 2 aromatic carbocycles. The number of benzene rings is 2. The summed E-state index contributed by atoms with van der Waals surface area (Å²) in [5.41, 5.74) is 4.75. The molecular formula is C17H18N2O. The number of aromatic hydroxyl groups is 1. The second kappa shape index (κ2) is 5.02. The molecule has 20 heavy (non-hydrogen) atoms. The summed E-state index contributed by atoms with van der Waals surface area (Å²) in [7, 11) is 2.06. The van der Waals surface area contributed by atoms with Crippen LogP contribution < -0.4 is 5.01 Å². The van der Waals surface area contributed by atoms with Gasteiger partial charge < -0.3 is 5.11 Å². The molecule has 0 amide bonds. The highest BCUT2D eigenvalue weighted by molar-refractivity contribution is 5.76. The van der Waals surface area contributed by atoms with Gasteiger partial charge in [0.1, 0.15) is 5.75 Å². The summed E-state index contributed by atoms with van der Waals surface area (Å²) in [6.45, 7) is 2.99. The number of anilines is 1. The first-order valence-electron chi connectivity index (χ1n) is 6.72. The molecule has 1 N–H and O–H groups in total. The molecule has 0 fully saturated rings. The van der Waals surface area contributed by atoms with E-state index in [2.05, 4.69) is 48.3 Å². The van der Waals surface area contributed by atoms with E-state index in [0.29, 0.717) is 0 Å². The van der Waals surface area contributed by atoms with Crippen molar-refractivity contribution in [1.29, 1.82) is 0 Å². The van der Waals surface area contributed by atoms with E-state index >= 15 is 0 Å². The Balaban J connectivity index is 2.03. The molecule has 1 heterocycles. The SMILES string of the molecule is CC1=C(c2ccccc2)CN(C)N1c1cccc(O)c1. The van der Waals surface area contributed by atoms with Crippen LogP contribution in [0.4, 0.5) is 5.69 Å². The fourth-order valence-electron chi connectivity index (χ4n) is 2.75. The van der Waals surface area contributed by atoms with Crippen LogP contribution in [0.3, 0.4) is 0 Å². The number of phenols is 1. The zero-order valence-corrected chi connectivity index (χ0v) is 11.7. The normalized spacial score (nSPS) is 16.0. The summed E-state index contributed by atoms with van der Waals surface area (Å²) < 4.78 is 0. The highest BCUT2D eigenvalue weighted by Gasteiger charge is 2.26. The number of phenolic OH excluding ortho intramolecular Hbond substituents is 1. The van der Waals surface area contributed by atoms with Gasteiger partial charge >= 0.3 is 0 Å². The van der Waals surface area contributed by atoms with Gasteiger partial charge in [-0.2, -0.15) is 0 Å². The van der Waals surface area contributed by atoms with Crippen molar-refractivity contribution in [2.24, 2.45) is 0 Å². The van der Waals surface area contributed by atoms with Crippen LogP contribution in [-0.2, 0) is 0 Å². The Morgan fingerprint density at radius 3 is 2.45 bits per heavy atom. The number of hydrogen-bond donors (Lipinski definition) is 1. The van der Waals surface area contributed by atoms with Gasteiger partial charge in [-0.1, -0.05) is 36.4 Å². The largest absolute Gasteiger partial charge is 0.508 e. The number of likely N-dealkylation sites (N-methyl/N-ethyl adjacent to an activating group) is 1. The van der Waals surface area contributed by atoms with Crippen LogP contribution in [0.25, 0.3) is 5.57 Å². The second-order valence-electron chi connectivity index (χ2n) is 5.08. The Morgan fingerprint density at radius 2 is 1.75 bits per heavy atom. The summed E-state index contributed by atoms with van der Waals surface area (Å²) in [6, 6.07) is 17.8. The number of allylic oxidation sites excluding steroid dienone is 1. The number of hydrogen-bond acceptors (Lipinski definition) is 3. The van der Waals surface area contributed by atoms with Crippen LogP contribution in [0.1, 0.15) is 12.5 Å². The minimum atomic E-state index is 0.289. The van der Waals surface area contributed by atoms with Gasteiger partial charge in [-0.25, -0.2) is 5.01 Å². The third-order valence-electron chi connectivity index (χ3n) is 3.68. The van der Waals surface area contributed by atoms with Crippen molar-refractivity contribution in [1.82, 2.24) is 5.01 Å². The topological polar surface area (TPSA) is 26.7 Å². The van der Waals surface area contributed by atoms with Gasteiger partial charge in [-0.05, 0) is 30.2 Å². The van der Waals surface area contributed by atoms with Gasteiger partial charge in [0.05, 0.1) is 5.69 Å². The van der Waals surface area contributed by atoms with Gasteiger partial charge in [0.2, 0.25) is 0 Å².